The van der Waals surface area contributed by atoms with Crippen molar-refractivity contribution >= 4 is 29.7 Å². The number of ether oxygens (including phenoxy) is 2. The van der Waals surface area contributed by atoms with Gasteiger partial charge in [-0.1, -0.05) is 36.9 Å². The highest BCUT2D eigenvalue weighted by Gasteiger charge is 2.16. The first-order valence-corrected chi connectivity index (χ1v) is 10.6. The largest absolute Gasteiger partial charge is 0.489 e. The molecule has 0 saturated heterocycles. The van der Waals surface area contributed by atoms with Crippen molar-refractivity contribution in [3.05, 3.63) is 108 Å². The molecule has 0 aliphatic rings. The summed E-state index contributed by atoms with van der Waals surface area (Å²) in [6.07, 6.45) is 1.17. The van der Waals surface area contributed by atoms with Gasteiger partial charge in [-0.3, -0.25) is 9.79 Å². The number of amidine groups is 1. The Kier molecular flexibility index (Phi) is 8.50. The Balaban J connectivity index is 1.85. The SMILES string of the molecule is C=CC(=O)Nc1cccc(O/C(N=C)=C(/C(N)=NC)c2ccc(OCc3ccc(F)cc3)cc2)c1. The number of hydrogen-bond donors (Lipinski definition) is 2. The molecule has 8 heteroatoms. The predicted molar refractivity (Wildman–Crippen MR) is 137 cm³/mol. The average Bonchev–Trinajstić information content (AvgIpc) is 2.88. The van der Waals surface area contributed by atoms with Crippen LogP contribution in [0.2, 0.25) is 0 Å². The fourth-order valence-corrected chi connectivity index (χ4v) is 3.06. The molecule has 0 saturated carbocycles. The van der Waals surface area contributed by atoms with Gasteiger partial charge in [-0.05, 0) is 60.3 Å². The summed E-state index contributed by atoms with van der Waals surface area (Å²) in [4.78, 5) is 19.7. The molecule has 3 rings (SSSR count). The molecule has 0 aromatic heterocycles. The van der Waals surface area contributed by atoms with E-state index in [-0.39, 0.29) is 23.4 Å². The van der Waals surface area contributed by atoms with Crippen LogP contribution < -0.4 is 20.5 Å². The standard InChI is InChI=1S/C27H25FN4O3/c1-4-24(33)32-21-6-5-7-23(16-21)35-27(31-3)25(26(29)30-2)19-10-14-22(15-11-19)34-17-18-8-12-20(28)13-9-18/h4-16H,1,3,17H2,2H3,(H2,29,30)(H,32,33)/b27-25+. The topological polar surface area (TPSA) is 98.3 Å². The van der Waals surface area contributed by atoms with Crippen LogP contribution in [0.3, 0.4) is 0 Å². The van der Waals surface area contributed by atoms with Crippen molar-refractivity contribution in [2.45, 2.75) is 6.61 Å². The Hall–Kier alpha value is -4.72. The van der Waals surface area contributed by atoms with E-state index in [4.69, 9.17) is 15.2 Å². The summed E-state index contributed by atoms with van der Waals surface area (Å²) < 4.78 is 24.8. The van der Waals surface area contributed by atoms with E-state index in [0.717, 1.165) is 5.56 Å². The fraction of sp³-hybridized carbons (Fsp3) is 0.0741. The van der Waals surface area contributed by atoms with Crippen LogP contribution in [0.15, 0.2) is 101 Å². The number of carbonyl (C=O) groups is 1. The number of nitrogens with one attached hydrogen (secondary N) is 1. The van der Waals surface area contributed by atoms with Gasteiger partial charge in [0, 0.05) is 18.8 Å². The zero-order chi connectivity index (χ0) is 25.2. The Morgan fingerprint density at radius 2 is 1.80 bits per heavy atom. The molecule has 0 spiro atoms. The number of amides is 1. The van der Waals surface area contributed by atoms with Crippen molar-refractivity contribution < 1.29 is 18.7 Å². The highest BCUT2D eigenvalue weighted by atomic mass is 19.1. The lowest BCUT2D eigenvalue weighted by atomic mass is 10.1. The van der Waals surface area contributed by atoms with E-state index in [0.29, 0.717) is 34.9 Å². The second-order valence-electron chi connectivity index (χ2n) is 7.21. The highest BCUT2D eigenvalue weighted by molar-refractivity contribution is 6.22. The Bertz CT molecular complexity index is 1270. The number of carbonyl (C=O) groups excluding carboxylic acids is 1. The van der Waals surface area contributed by atoms with Crippen LogP contribution in [-0.2, 0) is 11.4 Å². The van der Waals surface area contributed by atoms with Gasteiger partial charge in [0.15, 0.2) is 0 Å². The van der Waals surface area contributed by atoms with Gasteiger partial charge in [0.2, 0.25) is 11.8 Å². The van der Waals surface area contributed by atoms with E-state index in [1.165, 1.54) is 18.2 Å². The third-order valence-corrected chi connectivity index (χ3v) is 4.82. The lowest BCUT2D eigenvalue weighted by molar-refractivity contribution is -0.111. The van der Waals surface area contributed by atoms with Crippen LogP contribution in [0.4, 0.5) is 10.1 Å². The summed E-state index contributed by atoms with van der Waals surface area (Å²) in [5.74, 6) is 0.724. The van der Waals surface area contributed by atoms with Crippen LogP contribution in [0, 0.1) is 5.82 Å². The number of benzene rings is 3. The van der Waals surface area contributed by atoms with Gasteiger partial charge in [0.25, 0.3) is 0 Å². The number of aliphatic imine (C=N–C) groups is 2. The third-order valence-electron chi connectivity index (χ3n) is 4.82. The van der Waals surface area contributed by atoms with Crippen molar-refractivity contribution in [2.75, 3.05) is 12.4 Å². The molecule has 7 nitrogen and oxygen atoms in total. The second-order valence-corrected chi connectivity index (χ2v) is 7.21. The molecule has 0 bridgehead atoms. The van der Waals surface area contributed by atoms with E-state index >= 15 is 0 Å². The molecule has 178 valence electrons. The second kappa shape index (κ2) is 11.9. The minimum Gasteiger partial charge on any atom is -0.489 e. The summed E-state index contributed by atoms with van der Waals surface area (Å²) in [6.45, 7) is 7.35. The molecule has 0 heterocycles. The lowest BCUT2D eigenvalue weighted by Crippen LogP contribution is -2.17. The summed E-state index contributed by atoms with van der Waals surface area (Å²) in [5, 5.41) is 2.67. The van der Waals surface area contributed by atoms with Crippen molar-refractivity contribution in [1.82, 2.24) is 0 Å². The average molecular weight is 473 g/mol. The molecule has 3 aromatic rings. The van der Waals surface area contributed by atoms with E-state index in [9.17, 15) is 9.18 Å². The molecule has 1 amide bonds. The first kappa shape index (κ1) is 24.9. The predicted octanol–water partition coefficient (Wildman–Crippen LogP) is 4.96. The molecule has 0 atom stereocenters. The molecular weight excluding hydrogens is 447 g/mol. The third kappa shape index (κ3) is 6.88. The number of halogens is 1. The van der Waals surface area contributed by atoms with Crippen LogP contribution in [0.1, 0.15) is 11.1 Å². The Labute approximate surface area is 203 Å². The van der Waals surface area contributed by atoms with E-state index in [2.05, 4.69) is 28.6 Å². The molecule has 0 unspecified atom stereocenters. The molecule has 0 aliphatic carbocycles. The lowest BCUT2D eigenvalue weighted by Gasteiger charge is -2.14. The maximum absolute atomic E-state index is 13.1. The molecule has 0 aliphatic heterocycles. The monoisotopic (exact) mass is 472 g/mol. The van der Waals surface area contributed by atoms with Crippen molar-refractivity contribution in [3.63, 3.8) is 0 Å². The number of hydrogen-bond acceptors (Lipinski definition) is 5. The van der Waals surface area contributed by atoms with Crippen LogP contribution >= 0.6 is 0 Å². The van der Waals surface area contributed by atoms with Gasteiger partial charge in [0.1, 0.15) is 29.8 Å². The van der Waals surface area contributed by atoms with Gasteiger partial charge < -0.3 is 20.5 Å². The van der Waals surface area contributed by atoms with Crippen LogP contribution in [0.5, 0.6) is 11.5 Å². The van der Waals surface area contributed by atoms with Crippen molar-refractivity contribution in [1.29, 1.82) is 0 Å². The summed E-state index contributed by atoms with van der Waals surface area (Å²) in [7, 11) is 1.56. The van der Waals surface area contributed by atoms with Gasteiger partial charge in [-0.2, -0.15) is 0 Å². The van der Waals surface area contributed by atoms with Gasteiger partial charge in [-0.25, -0.2) is 9.38 Å². The number of nitrogens with zero attached hydrogens (tertiary/aromatic N) is 2. The van der Waals surface area contributed by atoms with Gasteiger partial charge in [-0.15, -0.1) is 0 Å². The van der Waals surface area contributed by atoms with E-state index in [1.54, 1.807) is 67.7 Å². The molecule has 0 fully saturated rings. The van der Waals surface area contributed by atoms with Gasteiger partial charge in [0.05, 0.1) is 5.57 Å². The minimum atomic E-state index is -0.343. The summed E-state index contributed by atoms with van der Waals surface area (Å²) in [6, 6.07) is 20.0. The zero-order valence-corrected chi connectivity index (χ0v) is 19.2. The fourth-order valence-electron chi connectivity index (χ4n) is 3.06. The first-order chi connectivity index (χ1) is 16.9. The normalized spacial score (nSPS) is 11.8. The Morgan fingerprint density at radius 3 is 2.43 bits per heavy atom. The zero-order valence-electron chi connectivity index (χ0n) is 19.2. The number of nitrogens with two attached hydrogens (primary N) is 1. The quantitative estimate of drug-likeness (QED) is 0.188. The maximum atomic E-state index is 13.1. The number of anilines is 1. The molecule has 3 aromatic carbocycles. The van der Waals surface area contributed by atoms with Gasteiger partial charge >= 0.3 is 0 Å². The van der Waals surface area contributed by atoms with E-state index < -0.39 is 0 Å². The first-order valence-electron chi connectivity index (χ1n) is 10.6. The molecular formula is C27H25FN4O3. The molecule has 0 radical (unpaired) electrons. The van der Waals surface area contributed by atoms with E-state index in [1.807, 2.05) is 0 Å². The maximum Gasteiger partial charge on any atom is 0.247 e. The molecule has 35 heavy (non-hydrogen) atoms. The molecule has 3 N–H and O–H groups in total. The van der Waals surface area contributed by atoms with Crippen LogP contribution in [-0.4, -0.2) is 25.5 Å². The highest BCUT2D eigenvalue weighted by Crippen LogP contribution is 2.27. The minimum absolute atomic E-state index is 0.139. The Morgan fingerprint density at radius 1 is 1.09 bits per heavy atom. The van der Waals surface area contributed by atoms with Crippen molar-refractivity contribution in [3.8, 4) is 11.5 Å². The van der Waals surface area contributed by atoms with Crippen molar-refractivity contribution in [2.24, 2.45) is 15.7 Å². The summed E-state index contributed by atoms with van der Waals surface area (Å²) >= 11 is 0. The van der Waals surface area contributed by atoms with Crippen LogP contribution in [0.25, 0.3) is 5.57 Å². The summed E-state index contributed by atoms with van der Waals surface area (Å²) in [5.41, 5.74) is 8.66. The smallest absolute Gasteiger partial charge is 0.247 e. The number of rotatable bonds is 10.